The van der Waals surface area contributed by atoms with Gasteiger partial charge in [-0.1, -0.05) is 29.8 Å². The Morgan fingerprint density at radius 2 is 1.91 bits per heavy atom. The van der Waals surface area contributed by atoms with E-state index in [4.69, 9.17) is 9.47 Å². The fraction of sp³-hybridized carbons (Fsp3) is 0.353. The van der Waals surface area contributed by atoms with Crippen LogP contribution in [0.3, 0.4) is 0 Å². The van der Waals surface area contributed by atoms with E-state index in [1.165, 1.54) is 11.8 Å². The van der Waals surface area contributed by atoms with Crippen LogP contribution in [0.15, 0.2) is 30.3 Å². The highest BCUT2D eigenvalue weighted by Crippen LogP contribution is 2.25. The van der Waals surface area contributed by atoms with Gasteiger partial charge in [0.05, 0.1) is 19.4 Å². The van der Waals surface area contributed by atoms with Gasteiger partial charge in [0.1, 0.15) is 6.04 Å². The lowest BCUT2D eigenvalue weighted by atomic mass is 10.1. The molecule has 6 heteroatoms. The van der Waals surface area contributed by atoms with E-state index in [9.17, 15) is 9.59 Å². The Morgan fingerprint density at radius 3 is 2.48 bits per heavy atom. The first-order valence-electron chi connectivity index (χ1n) is 7.39. The maximum Gasteiger partial charge on any atom is 0.358 e. The van der Waals surface area contributed by atoms with Gasteiger partial charge in [0.2, 0.25) is 0 Å². The molecule has 1 aromatic carbocycles. The highest BCUT2D eigenvalue weighted by molar-refractivity contribution is 5.89. The molecule has 0 N–H and O–H groups in total. The smallest absolute Gasteiger partial charge is 0.358 e. The van der Waals surface area contributed by atoms with Gasteiger partial charge in [0.25, 0.3) is 0 Å². The number of nitrogens with zero attached hydrogens (tertiary/aromatic N) is 2. The molecule has 0 radical (unpaired) electrons. The maximum absolute atomic E-state index is 12.0. The second-order valence-corrected chi connectivity index (χ2v) is 5.15. The lowest BCUT2D eigenvalue weighted by molar-refractivity contribution is -0.146. The Kier molecular flexibility index (Phi) is 5.16. The molecule has 6 nitrogen and oxygen atoms in total. The number of carbonyl (C=O) groups is 2. The highest BCUT2D eigenvalue weighted by Gasteiger charge is 2.24. The van der Waals surface area contributed by atoms with Gasteiger partial charge in [0, 0.05) is 0 Å². The minimum Gasteiger partial charge on any atom is -0.464 e. The van der Waals surface area contributed by atoms with E-state index in [2.05, 4.69) is 5.10 Å². The highest BCUT2D eigenvalue weighted by atomic mass is 16.5. The molecular weight excluding hydrogens is 296 g/mol. The van der Waals surface area contributed by atoms with E-state index in [-0.39, 0.29) is 12.3 Å². The molecule has 1 atom stereocenters. The second-order valence-electron chi connectivity index (χ2n) is 5.15. The summed E-state index contributed by atoms with van der Waals surface area (Å²) in [6.45, 7) is 5.70. The van der Waals surface area contributed by atoms with Crippen LogP contribution in [0.25, 0.3) is 11.3 Å². The summed E-state index contributed by atoms with van der Waals surface area (Å²) in [6.07, 6.45) is 0. The third-order valence-corrected chi connectivity index (χ3v) is 3.47. The van der Waals surface area contributed by atoms with E-state index < -0.39 is 18.0 Å². The molecule has 2 rings (SSSR count). The first kappa shape index (κ1) is 16.7. The average Bonchev–Trinajstić information content (AvgIpc) is 2.99. The van der Waals surface area contributed by atoms with Crippen molar-refractivity contribution in [1.82, 2.24) is 9.78 Å². The molecule has 0 aliphatic rings. The van der Waals surface area contributed by atoms with Crippen LogP contribution < -0.4 is 0 Å². The Morgan fingerprint density at radius 1 is 1.26 bits per heavy atom. The zero-order valence-corrected chi connectivity index (χ0v) is 13.7. The van der Waals surface area contributed by atoms with Crippen molar-refractivity contribution in [2.75, 3.05) is 13.7 Å². The molecule has 0 fully saturated rings. The zero-order chi connectivity index (χ0) is 17.0. The van der Waals surface area contributed by atoms with Crippen molar-refractivity contribution in [2.45, 2.75) is 26.8 Å². The van der Waals surface area contributed by atoms with Crippen LogP contribution in [0, 0.1) is 6.92 Å². The van der Waals surface area contributed by atoms with Crippen molar-refractivity contribution in [2.24, 2.45) is 0 Å². The predicted molar refractivity (Wildman–Crippen MR) is 85.1 cm³/mol. The van der Waals surface area contributed by atoms with E-state index in [1.54, 1.807) is 19.9 Å². The molecule has 1 unspecified atom stereocenters. The van der Waals surface area contributed by atoms with Gasteiger partial charge in [-0.15, -0.1) is 0 Å². The number of rotatable bonds is 5. The number of hydrogen-bond acceptors (Lipinski definition) is 5. The molecule has 23 heavy (non-hydrogen) atoms. The van der Waals surface area contributed by atoms with Crippen LogP contribution in [0.5, 0.6) is 0 Å². The number of hydrogen-bond donors (Lipinski definition) is 0. The lowest BCUT2D eigenvalue weighted by Crippen LogP contribution is -2.21. The fourth-order valence-electron chi connectivity index (χ4n) is 2.20. The van der Waals surface area contributed by atoms with Crippen LogP contribution in [-0.4, -0.2) is 35.4 Å². The van der Waals surface area contributed by atoms with Crippen LogP contribution >= 0.6 is 0 Å². The first-order chi connectivity index (χ1) is 11.0. The average molecular weight is 316 g/mol. The summed E-state index contributed by atoms with van der Waals surface area (Å²) in [5.41, 5.74) is 2.78. The van der Waals surface area contributed by atoms with Gasteiger partial charge in [-0.25, -0.2) is 14.3 Å². The molecule has 122 valence electrons. The van der Waals surface area contributed by atoms with E-state index in [1.807, 2.05) is 31.2 Å². The molecule has 1 aromatic heterocycles. The summed E-state index contributed by atoms with van der Waals surface area (Å²) in [7, 11) is 1.29. The summed E-state index contributed by atoms with van der Waals surface area (Å²) >= 11 is 0. The minimum atomic E-state index is -0.648. The van der Waals surface area contributed by atoms with Gasteiger partial charge in [0.15, 0.2) is 5.69 Å². The van der Waals surface area contributed by atoms with Crippen LogP contribution in [0.1, 0.15) is 35.9 Å². The van der Waals surface area contributed by atoms with E-state index >= 15 is 0 Å². The monoisotopic (exact) mass is 316 g/mol. The topological polar surface area (TPSA) is 70.4 Å². The Hall–Kier alpha value is -2.63. The van der Waals surface area contributed by atoms with Gasteiger partial charge < -0.3 is 9.47 Å². The molecule has 0 aliphatic heterocycles. The number of aryl methyl sites for hydroxylation is 1. The number of aromatic nitrogens is 2. The zero-order valence-electron chi connectivity index (χ0n) is 13.7. The summed E-state index contributed by atoms with van der Waals surface area (Å²) in [5.74, 6) is -0.950. The van der Waals surface area contributed by atoms with Crippen molar-refractivity contribution in [3.63, 3.8) is 0 Å². The Labute approximate surface area is 135 Å². The normalized spacial score (nSPS) is 11.8. The van der Waals surface area contributed by atoms with Gasteiger partial charge in [-0.2, -0.15) is 5.10 Å². The molecule has 0 bridgehead atoms. The maximum atomic E-state index is 12.0. The summed E-state index contributed by atoms with van der Waals surface area (Å²) < 4.78 is 11.3. The van der Waals surface area contributed by atoms with Crippen molar-refractivity contribution < 1.29 is 19.1 Å². The van der Waals surface area contributed by atoms with Crippen molar-refractivity contribution in [1.29, 1.82) is 0 Å². The SMILES string of the molecule is CCOC(=O)C(C)n1nc(C(=O)OC)cc1-c1ccc(C)cc1. The number of carbonyl (C=O) groups excluding carboxylic acids is 2. The first-order valence-corrected chi connectivity index (χ1v) is 7.39. The van der Waals surface area contributed by atoms with Crippen molar-refractivity contribution in [3.05, 3.63) is 41.6 Å². The minimum absolute atomic E-state index is 0.152. The Bertz CT molecular complexity index is 704. The fourth-order valence-corrected chi connectivity index (χ4v) is 2.20. The molecule has 0 saturated carbocycles. The number of ether oxygens (including phenoxy) is 2. The molecule has 0 aliphatic carbocycles. The number of benzene rings is 1. The molecular formula is C17H20N2O4. The number of methoxy groups -OCH3 is 1. The number of esters is 2. The molecule has 0 amide bonds. The quantitative estimate of drug-likeness (QED) is 0.793. The van der Waals surface area contributed by atoms with Crippen LogP contribution in [0.2, 0.25) is 0 Å². The summed E-state index contributed by atoms with van der Waals surface area (Å²) in [5, 5.41) is 4.22. The predicted octanol–water partition coefficient (Wildman–Crippen LogP) is 2.77. The van der Waals surface area contributed by atoms with Gasteiger partial charge >= 0.3 is 11.9 Å². The summed E-state index contributed by atoms with van der Waals surface area (Å²) in [4.78, 5) is 23.8. The standard InChI is InChI=1S/C17H20N2O4/c1-5-23-16(20)12(3)19-15(10-14(18-19)17(21)22-4)13-8-6-11(2)7-9-13/h6-10,12H,5H2,1-4H3. The third kappa shape index (κ3) is 3.59. The van der Waals surface area contributed by atoms with Gasteiger partial charge in [-0.3, -0.25) is 0 Å². The molecule has 2 aromatic rings. The second kappa shape index (κ2) is 7.09. The molecule has 0 spiro atoms. The molecule has 1 heterocycles. The van der Waals surface area contributed by atoms with E-state index in [0.717, 1.165) is 11.1 Å². The largest absolute Gasteiger partial charge is 0.464 e. The molecule has 0 saturated heterocycles. The Balaban J connectivity index is 2.50. The van der Waals surface area contributed by atoms with Crippen LogP contribution in [-0.2, 0) is 14.3 Å². The summed E-state index contributed by atoms with van der Waals surface area (Å²) in [6, 6.07) is 8.72. The van der Waals surface area contributed by atoms with Gasteiger partial charge in [-0.05, 0) is 32.4 Å². The lowest BCUT2D eigenvalue weighted by Gasteiger charge is -2.14. The van der Waals surface area contributed by atoms with Crippen LogP contribution in [0.4, 0.5) is 0 Å². The third-order valence-electron chi connectivity index (χ3n) is 3.47. The van der Waals surface area contributed by atoms with Crippen molar-refractivity contribution in [3.8, 4) is 11.3 Å². The van der Waals surface area contributed by atoms with E-state index in [0.29, 0.717) is 5.69 Å². The van der Waals surface area contributed by atoms with Crippen molar-refractivity contribution >= 4 is 11.9 Å².